The third kappa shape index (κ3) is 2.62. The van der Waals surface area contributed by atoms with Crippen molar-refractivity contribution in [2.24, 2.45) is 0 Å². The van der Waals surface area contributed by atoms with Crippen LogP contribution in [0, 0.1) is 6.92 Å². The van der Waals surface area contributed by atoms with E-state index in [1.165, 1.54) is 0 Å². The predicted molar refractivity (Wildman–Crippen MR) is 79.4 cm³/mol. The van der Waals surface area contributed by atoms with Crippen molar-refractivity contribution in [3.63, 3.8) is 0 Å². The maximum absolute atomic E-state index is 5.98. The molecule has 2 aliphatic heterocycles. The monoisotopic (exact) mass is 296 g/mol. The summed E-state index contributed by atoms with van der Waals surface area (Å²) in [5, 5.41) is 8.81. The molecule has 20 heavy (non-hydrogen) atoms. The van der Waals surface area contributed by atoms with Gasteiger partial charge in [-0.15, -0.1) is 10.2 Å². The number of halogens is 1. The lowest BCUT2D eigenvalue weighted by Crippen LogP contribution is -2.60. The van der Waals surface area contributed by atoms with Crippen molar-refractivity contribution in [2.75, 3.05) is 37.7 Å². The lowest BCUT2D eigenvalue weighted by Gasteiger charge is -2.47. The number of hydrogen-bond acceptors (Lipinski definition) is 5. The summed E-state index contributed by atoms with van der Waals surface area (Å²) in [6, 6.07) is 2.40. The molecule has 0 radical (unpaired) electrons. The third-order valence-corrected chi connectivity index (χ3v) is 4.70. The van der Waals surface area contributed by atoms with Crippen molar-refractivity contribution in [1.29, 1.82) is 0 Å². The van der Waals surface area contributed by atoms with E-state index in [0.717, 1.165) is 50.6 Å². The number of nitrogens with zero attached hydrogens (tertiary/aromatic N) is 4. The second kappa shape index (κ2) is 5.84. The summed E-state index contributed by atoms with van der Waals surface area (Å²) in [5.41, 5.74) is 0.975. The van der Waals surface area contributed by atoms with Gasteiger partial charge in [-0.3, -0.25) is 0 Å². The van der Waals surface area contributed by atoms with Crippen molar-refractivity contribution in [2.45, 2.75) is 32.4 Å². The first-order chi connectivity index (χ1) is 9.69. The molecule has 1 aromatic rings. The number of piperidine rings is 1. The zero-order chi connectivity index (χ0) is 14.1. The first-order valence-corrected chi connectivity index (χ1v) is 7.67. The molecule has 0 unspecified atom stereocenters. The molecule has 0 saturated carbocycles. The molecule has 0 aliphatic carbocycles. The van der Waals surface area contributed by atoms with E-state index in [1.807, 2.05) is 13.0 Å². The van der Waals surface area contributed by atoms with E-state index >= 15 is 0 Å². The quantitative estimate of drug-likeness (QED) is 0.831. The Morgan fingerprint density at radius 2 is 2.25 bits per heavy atom. The molecule has 0 amide bonds. The minimum Gasteiger partial charge on any atom is -0.374 e. The average molecular weight is 297 g/mol. The van der Waals surface area contributed by atoms with Gasteiger partial charge in [0.25, 0.3) is 0 Å². The van der Waals surface area contributed by atoms with Crippen molar-refractivity contribution < 1.29 is 4.74 Å². The Bertz CT molecular complexity index is 484. The van der Waals surface area contributed by atoms with E-state index in [4.69, 9.17) is 16.3 Å². The van der Waals surface area contributed by atoms with Gasteiger partial charge in [0, 0.05) is 19.6 Å². The minimum atomic E-state index is 0.310. The SMILES string of the molecule is CCN1CC[C@H]2OCCN(c3cc(C)c(Cl)nn3)[C@H]2C1. The number of likely N-dealkylation sites (tertiary alicyclic amines) is 1. The summed E-state index contributed by atoms with van der Waals surface area (Å²) >= 11 is 5.98. The van der Waals surface area contributed by atoms with Gasteiger partial charge in [-0.05, 0) is 31.5 Å². The van der Waals surface area contributed by atoms with Crippen LogP contribution in [0.3, 0.4) is 0 Å². The predicted octanol–water partition coefficient (Wildman–Crippen LogP) is 1.74. The highest BCUT2D eigenvalue weighted by Gasteiger charge is 2.37. The van der Waals surface area contributed by atoms with Crippen LogP contribution in [0.4, 0.5) is 5.82 Å². The molecule has 6 heteroatoms. The van der Waals surface area contributed by atoms with Crippen molar-refractivity contribution in [1.82, 2.24) is 15.1 Å². The van der Waals surface area contributed by atoms with Gasteiger partial charge in [0.05, 0.1) is 18.8 Å². The van der Waals surface area contributed by atoms with Crippen LogP contribution < -0.4 is 4.90 Å². The van der Waals surface area contributed by atoms with Crippen LogP contribution >= 0.6 is 11.6 Å². The molecule has 0 bridgehead atoms. The number of aromatic nitrogens is 2. The number of anilines is 1. The van der Waals surface area contributed by atoms with Gasteiger partial charge in [0.2, 0.25) is 0 Å². The fourth-order valence-corrected chi connectivity index (χ4v) is 3.20. The Morgan fingerprint density at radius 3 is 3.00 bits per heavy atom. The molecular formula is C14H21ClN4O. The molecule has 0 spiro atoms. The fraction of sp³-hybridized carbons (Fsp3) is 0.714. The van der Waals surface area contributed by atoms with E-state index in [-0.39, 0.29) is 0 Å². The molecule has 1 aromatic heterocycles. The number of fused-ring (bicyclic) bond motifs is 1. The standard InChI is InChI=1S/C14H21ClN4O/c1-3-18-5-4-12-11(9-18)19(6-7-20-12)13-8-10(2)14(15)17-16-13/h8,11-12H,3-7,9H2,1-2H3/t11-,12+/m0/s1. The lowest BCUT2D eigenvalue weighted by atomic mass is 9.98. The highest BCUT2D eigenvalue weighted by atomic mass is 35.5. The first kappa shape index (κ1) is 14.0. The Morgan fingerprint density at radius 1 is 1.40 bits per heavy atom. The molecule has 0 aromatic carbocycles. The largest absolute Gasteiger partial charge is 0.374 e. The Kier molecular flexibility index (Phi) is 4.10. The van der Waals surface area contributed by atoms with E-state index in [9.17, 15) is 0 Å². The van der Waals surface area contributed by atoms with Crippen LogP contribution in [0.2, 0.25) is 5.15 Å². The minimum absolute atomic E-state index is 0.310. The van der Waals surface area contributed by atoms with Gasteiger partial charge < -0.3 is 14.5 Å². The maximum Gasteiger partial charge on any atom is 0.154 e. The van der Waals surface area contributed by atoms with E-state index in [2.05, 4.69) is 26.9 Å². The number of likely N-dealkylation sites (N-methyl/N-ethyl adjacent to an activating group) is 1. The van der Waals surface area contributed by atoms with Gasteiger partial charge in [-0.1, -0.05) is 18.5 Å². The molecule has 3 rings (SSSR count). The molecule has 3 heterocycles. The van der Waals surface area contributed by atoms with Crippen molar-refractivity contribution >= 4 is 17.4 Å². The van der Waals surface area contributed by atoms with Crippen LogP contribution in [-0.2, 0) is 4.74 Å². The highest BCUT2D eigenvalue weighted by molar-refractivity contribution is 6.30. The Labute approximate surface area is 124 Å². The number of morpholine rings is 1. The van der Waals surface area contributed by atoms with E-state index in [0.29, 0.717) is 17.3 Å². The van der Waals surface area contributed by atoms with Gasteiger partial charge >= 0.3 is 0 Å². The number of rotatable bonds is 2. The Balaban J connectivity index is 1.84. The van der Waals surface area contributed by atoms with Crippen LogP contribution in [0.5, 0.6) is 0 Å². The Hall–Kier alpha value is -0.910. The summed E-state index contributed by atoms with van der Waals surface area (Å²) in [4.78, 5) is 4.81. The molecule has 110 valence electrons. The molecule has 2 saturated heterocycles. The molecular weight excluding hydrogens is 276 g/mol. The summed E-state index contributed by atoms with van der Waals surface area (Å²) in [6.07, 6.45) is 1.40. The van der Waals surface area contributed by atoms with Gasteiger partial charge in [0.1, 0.15) is 0 Å². The van der Waals surface area contributed by atoms with Gasteiger partial charge in [0.15, 0.2) is 11.0 Å². The number of hydrogen-bond donors (Lipinski definition) is 0. The van der Waals surface area contributed by atoms with Crippen LogP contribution in [0.1, 0.15) is 18.9 Å². The zero-order valence-corrected chi connectivity index (χ0v) is 12.8. The summed E-state index contributed by atoms with van der Waals surface area (Å²) in [7, 11) is 0. The number of ether oxygens (including phenoxy) is 1. The average Bonchev–Trinajstić information content (AvgIpc) is 2.49. The van der Waals surface area contributed by atoms with Crippen LogP contribution in [0.15, 0.2) is 6.07 Å². The first-order valence-electron chi connectivity index (χ1n) is 7.29. The summed E-state index contributed by atoms with van der Waals surface area (Å²) < 4.78 is 5.94. The number of aryl methyl sites for hydroxylation is 1. The lowest BCUT2D eigenvalue weighted by molar-refractivity contribution is -0.0282. The molecule has 2 aliphatic rings. The highest BCUT2D eigenvalue weighted by Crippen LogP contribution is 2.27. The second-order valence-corrected chi connectivity index (χ2v) is 5.89. The topological polar surface area (TPSA) is 41.5 Å². The molecule has 2 atom stereocenters. The summed E-state index contributed by atoms with van der Waals surface area (Å²) in [5.74, 6) is 0.920. The zero-order valence-electron chi connectivity index (χ0n) is 12.0. The molecule has 2 fully saturated rings. The third-order valence-electron chi connectivity index (χ3n) is 4.32. The second-order valence-electron chi connectivity index (χ2n) is 5.53. The van der Waals surface area contributed by atoms with Crippen LogP contribution in [-0.4, -0.2) is 60.0 Å². The van der Waals surface area contributed by atoms with Gasteiger partial charge in [-0.2, -0.15) is 0 Å². The van der Waals surface area contributed by atoms with E-state index < -0.39 is 0 Å². The molecule has 0 N–H and O–H groups in total. The summed E-state index contributed by atoms with van der Waals surface area (Å²) in [6.45, 7) is 9.05. The van der Waals surface area contributed by atoms with E-state index in [1.54, 1.807) is 0 Å². The normalized spacial score (nSPS) is 27.4. The van der Waals surface area contributed by atoms with Crippen molar-refractivity contribution in [3.05, 3.63) is 16.8 Å². The van der Waals surface area contributed by atoms with Gasteiger partial charge in [-0.25, -0.2) is 0 Å². The van der Waals surface area contributed by atoms with Crippen LogP contribution in [0.25, 0.3) is 0 Å². The maximum atomic E-state index is 5.98. The molecule has 5 nitrogen and oxygen atoms in total. The smallest absolute Gasteiger partial charge is 0.154 e. The van der Waals surface area contributed by atoms with Crippen molar-refractivity contribution in [3.8, 4) is 0 Å². The fourth-order valence-electron chi connectivity index (χ4n) is 3.11.